The van der Waals surface area contributed by atoms with Crippen molar-refractivity contribution in [1.29, 1.82) is 5.26 Å². The molecule has 0 aliphatic rings. The summed E-state index contributed by atoms with van der Waals surface area (Å²) in [4.78, 5) is 23.8. The quantitative estimate of drug-likeness (QED) is 0.784. The van der Waals surface area contributed by atoms with Crippen LogP contribution in [0.1, 0.15) is 21.5 Å². The number of hydrogen-bond donors (Lipinski definition) is 0. The molecule has 0 aliphatic heterocycles. The molecule has 2 aromatic rings. The topological polar surface area (TPSA) is 62.9 Å². The third kappa shape index (κ3) is 2.78. The summed E-state index contributed by atoms with van der Waals surface area (Å²) in [6, 6.07) is 11.8. The molecule has 0 unspecified atom stereocenters. The smallest absolute Gasteiger partial charge is 0.253 e. The van der Waals surface area contributed by atoms with Gasteiger partial charge in [-0.2, -0.15) is 5.26 Å². The molecule has 0 spiro atoms. The predicted molar refractivity (Wildman–Crippen MR) is 70.9 cm³/mol. The molecule has 1 aromatic carbocycles. The average molecular weight is 252 g/mol. The van der Waals surface area contributed by atoms with Gasteiger partial charge >= 0.3 is 0 Å². The summed E-state index contributed by atoms with van der Waals surface area (Å²) in [5, 5.41) is 8.69. The molecule has 4 nitrogen and oxygen atoms in total. The monoisotopic (exact) mass is 252 g/mol. The molecule has 19 heavy (non-hydrogen) atoms. The second kappa shape index (κ2) is 5.32. The molecule has 0 saturated heterocycles. The van der Waals surface area contributed by atoms with E-state index in [1.165, 1.54) is 4.57 Å². The van der Waals surface area contributed by atoms with Gasteiger partial charge in [0, 0.05) is 17.3 Å². The SMILES string of the molecule is Cc1cccn(CC(=O)c2ccc(C#N)cc2)c1=O. The molecule has 1 aromatic heterocycles. The molecule has 0 N–H and O–H groups in total. The number of Topliss-reactive ketones (excluding diaryl/α,β-unsaturated/α-hetero) is 1. The van der Waals surface area contributed by atoms with Gasteiger partial charge in [0.2, 0.25) is 0 Å². The first-order valence-corrected chi connectivity index (χ1v) is 5.81. The first-order valence-electron chi connectivity index (χ1n) is 5.81. The molecule has 1 heterocycles. The van der Waals surface area contributed by atoms with Crippen LogP contribution < -0.4 is 5.56 Å². The van der Waals surface area contributed by atoms with Crippen LogP contribution in [-0.2, 0) is 6.54 Å². The van der Waals surface area contributed by atoms with E-state index >= 15 is 0 Å². The summed E-state index contributed by atoms with van der Waals surface area (Å²) >= 11 is 0. The maximum atomic E-state index is 12.0. The number of aromatic nitrogens is 1. The summed E-state index contributed by atoms with van der Waals surface area (Å²) in [6.07, 6.45) is 1.59. The molecule has 2 rings (SSSR count). The molecular weight excluding hydrogens is 240 g/mol. The van der Waals surface area contributed by atoms with Gasteiger partial charge in [0.25, 0.3) is 5.56 Å². The molecule has 0 bridgehead atoms. The normalized spacial score (nSPS) is 9.89. The number of carbonyl (C=O) groups is 1. The number of carbonyl (C=O) groups excluding carboxylic acids is 1. The average Bonchev–Trinajstić information content (AvgIpc) is 2.44. The summed E-state index contributed by atoms with van der Waals surface area (Å²) in [5.41, 5.74) is 1.44. The highest BCUT2D eigenvalue weighted by atomic mass is 16.1. The standard InChI is InChI=1S/C15H12N2O2/c1-11-3-2-8-17(15(11)19)10-14(18)13-6-4-12(9-16)5-7-13/h2-8H,10H2,1H3. The predicted octanol–water partition coefficient (Wildman–Crippen LogP) is 1.91. The van der Waals surface area contributed by atoms with E-state index in [9.17, 15) is 9.59 Å². The van der Waals surface area contributed by atoms with Crippen molar-refractivity contribution in [1.82, 2.24) is 4.57 Å². The minimum Gasteiger partial charge on any atom is -0.308 e. The van der Waals surface area contributed by atoms with Gasteiger partial charge in [-0.05, 0) is 25.1 Å². The molecule has 4 heteroatoms. The van der Waals surface area contributed by atoms with Crippen molar-refractivity contribution in [3.8, 4) is 6.07 Å². The van der Waals surface area contributed by atoms with Crippen molar-refractivity contribution in [2.75, 3.05) is 0 Å². The van der Waals surface area contributed by atoms with Crippen LogP contribution >= 0.6 is 0 Å². The molecule has 0 atom stereocenters. The van der Waals surface area contributed by atoms with Gasteiger partial charge < -0.3 is 4.57 Å². The number of hydrogen-bond acceptors (Lipinski definition) is 3. The van der Waals surface area contributed by atoms with Crippen LogP contribution in [0.5, 0.6) is 0 Å². The number of rotatable bonds is 3. The van der Waals surface area contributed by atoms with Gasteiger partial charge in [0.1, 0.15) is 0 Å². The van der Waals surface area contributed by atoms with Crippen molar-refractivity contribution >= 4 is 5.78 Å². The van der Waals surface area contributed by atoms with E-state index in [0.29, 0.717) is 16.7 Å². The molecular formula is C15H12N2O2. The number of benzene rings is 1. The van der Waals surface area contributed by atoms with E-state index in [1.807, 2.05) is 6.07 Å². The van der Waals surface area contributed by atoms with Crippen LogP contribution in [0.4, 0.5) is 0 Å². The van der Waals surface area contributed by atoms with Gasteiger partial charge in [0.05, 0.1) is 18.2 Å². The van der Waals surface area contributed by atoms with E-state index in [-0.39, 0.29) is 17.9 Å². The Morgan fingerprint density at radius 2 is 1.95 bits per heavy atom. The summed E-state index contributed by atoms with van der Waals surface area (Å²) in [6.45, 7) is 1.72. The van der Waals surface area contributed by atoms with Crippen molar-refractivity contribution in [2.45, 2.75) is 13.5 Å². The fourth-order valence-electron chi connectivity index (χ4n) is 1.76. The molecule has 0 amide bonds. The van der Waals surface area contributed by atoms with E-state index in [1.54, 1.807) is 49.5 Å². The Morgan fingerprint density at radius 3 is 2.58 bits per heavy atom. The van der Waals surface area contributed by atoms with Gasteiger partial charge in [0.15, 0.2) is 5.78 Å². The highest BCUT2D eigenvalue weighted by molar-refractivity contribution is 5.95. The molecule has 0 aliphatic carbocycles. The summed E-state index contributed by atoms with van der Waals surface area (Å²) < 4.78 is 1.38. The van der Waals surface area contributed by atoms with Crippen molar-refractivity contribution in [3.63, 3.8) is 0 Å². The molecule has 0 saturated carbocycles. The third-order valence-corrected chi connectivity index (χ3v) is 2.86. The number of ketones is 1. The van der Waals surface area contributed by atoms with Crippen LogP contribution in [-0.4, -0.2) is 10.4 Å². The Bertz CT molecular complexity index is 706. The Balaban J connectivity index is 2.23. The summed E-state index contributed by atoms with van der Waals surface area (Å²) in [7, 11) is 0. The lowest BCUT2D eigenvalue weighted by Gasteiger charge is -2.05. The first kappa shape index (κ1) is 12.8. The van der Waals surface area contributed by atoms with Gasteiger partial charge in [-0.1, -0.05) is 18.2 Å². The van der Waals surface area contributed by atoms with E-state index in [2.05, 4.69) is 0 Å². The molecule has 0 fully saturated rings. The van der Waals surface area contributed by atoms with Gasteiger partial charge in [-0.15, -0.1) is 0 Å². The third-order valence-electron chi connectivity index (χ3n) is 2.86. The number of nitriles is 1. The minimum atomic E-state index is -0.163. The Kier molecular flexibility index (Phi) is 3.58. The highest BCUT2D eigenvalue weighted by Gasteiger charge is 2.08. The Hall–Kier alpha value is -2.67. The van der Waals surface area contributed by atoms with Crippen molar-refractivity contribution in [3.05, 3.63) is 69.6 Å². The van der Waals surface area contributed by atoms with E-state index in [4.69, 9.17) is 5.26 Å². The van der Waals surface area contributed by atoms with E-state index < -0.39 is 0 Å². The second-order valence-electron chi connectivity index (χ2n) is 4.24. The van der Waals surface area contributed by atoms with Crippen LogP contribution in [0.2, 0.25) is 0 Å². The van der Waals surface area contributed by atoms with E-state index in [0.717, 1.165) is 0 Å². The van der Waals surface area contributed by atoms with Crippen LogP contribution in [0.15, 0.2) is 47.4 Å². The lowest BCUT2D eigenvalue weighted by atomic mass is 10.1. The van der Waals surface area contributed by atoms with Crippen LogP contribution in [0.3, 0.4) is 0 Å². The lowest BCUT2D eigenvalue weighted by Crippen LogP contribution is -2.25. The Morgan fingerprint density at radius 1 is 1.26 bits per heavy atom. The zero-order valence-electron chi connectivity index (χ0n) is 10.5. The number of nitrogens with zero attached hydrogens (tertiary/aromatic N) is 2. The largest absolute Gasteiger partial charge is 0.308 e. The Labute approximate surface area is 110 Å². The van der Waals surface area contributed by atoms with Crippen LogP contribution in [0.25, 0.3) is 0 Å². The highest BCUT2D eigenvalue weighted by Crippen LogP contribution is 2.05. The minimum absolute atomic E-state index is 0.00636. The zero-order valence-corrected chi connectivity index (χ0v) is 10.5. The number of pyridine rings is 1. The molecule has 94 valence electrons. The maximum Gasteiger partial charge on any atom is 0.253 e. The van der Waals surface area contributed by atoms with Gasteiger partial charge in [-0.25, -0.2) is 0 Å². The van der Waals surface area contributed by atoms with Crippen LogP contribution in [0, 0.1) is 18.3 Å². The fourth-order valence-corrected chi connectivity index (χ4v) is 1.76. The number of aryl methyl sites for hydroxylation is 1. The second-order valence-corrected chi connectivity index (χ2v) is 4.24. The van der Waals surface area contributed by atoms with Crippen molar-refractivity contribution < 1.29 is 4.79 Å². The lowest BCUT2D eigenvalue weighted by molar-refractivity contribution is 0.0971. The van der Waals surface area contributed by atoms with Gasteiger partial charge in [-0.3, -0.25) is 9.59 Å². The zero-order chi connectivity index (χ0) is 13.8. The fraction of sp³-hybridized carbons (Fsp3) is 0.133. The summed E-state index contributed by atoms with van der Waals surface area (Å²) in [5.74, 6) is -0.155. The van der Waals surface area contributed by atoms with Crippen molar-refractivity contribution in [2.24, 2.45) is 0 Å². The maximum absolute atomic E-state index is 12.0. The first-order chi connectivity index (χ1) is 9.11. The molecule has 0 radical (unpaired) electrons.